The number of para-hydroxylation sites is 1. The van der Waals surface area contributed by atoms with Gasteiger partial charge in [-0.3, -0.25) is 19.7 Å². The van der Waals surface area contributed by atoms with Gasteiger partial charge in [0, 0.05) is 22.3 Å². The number of furan rings is 1. The monoisotopic (exact) mass is 701 g/mol. The first-order valence-electron chi connectivity index (χ1n) is 13.5. The van der Waals surface area contributed by atoms with E-state index in [1.54, 1.807) is 79.9 Å². The summed E-state index contributed by atoms with van der Waals surface area (Å²) >= 11 is 9.18. The van der Waals surface area contributed by atoms with E-state index in [4.69, 9.17) is 25.5 Å². The molecule has 0 unspecified atom stereocenters. The first-order chi connectivity index (χ1) is 22.2. The van der Waals surface area contributed by atoms with Crippen LogP contribution in [0, 0.1) is 10.1 Å². The van der Waals surface area contributed by atoms with Crippen molar-refractivity contribution < 1.29 is 23.6 Å². The molecule has 4 aromatic carbocycles. The van der Waals surface area contributed by atoms with E-state index in [9.17, 15) is 19.7 Å². The van der Waals surface area contributed by atoms with Gasteiger partial charge in [-0.1, -0.05) is 29.8 Å². The molecule has 12 nitrogen and oxygen atoms in total. The average Bonchev–Trinajstić information content (AvgIpc) is 3.49. The van der Waals surface area contributed by atoms with Gasteiger partial charge in [0.2, 0.25) is 11.6 Å². The van der Waals surface area contributed by atoms with Gasteiger partial charge in [0.25, 0.3) is 11.5 Å². The highest BCUT2D eigenvalue weighted by atomic mass is 79.9. The van der Waals surface area contributed by atoms with Gasteiger partial charge in [-0.05, 0) is 76.6 Å². The van der Waals surface area contributed by atoms with E-state index in [1.165, 1.54) is 18.3 Å². The van der Waals surface area contributed by atoms with Gasteiger partial charge in [-0.15, -0.1) is 0 Å². The van der Waals surface area contributed by atoms with E-state index in [1.807, 2.05) is 0 Å². The Morgan fingerprint density at radius 2 is 1.89 bits per heavy atom. The Kier molecular flexibility index (Phi) is 8.51. The van der Waals surface area contributed by atoms with Crippen molar-refractivity contribution in [3.8, 4) is 23.1 Å². The number of nitro benzene ring substituents is 1. The van der Waals surface area contributed by atoms with Gasteiger partial charge in [0.15, 0.2) is 12.4 Å². The number of nitrogens with zero attached hydrogens (tertiary/aromatic N) is 4. The Bertz CT molecular complexity index is 2230. The topological polar surface area (TPSA) is 151 Å². The molecule has 14 heteroatoms. The number of ether oxygens (including phenoxy) is 2. The molecule has 0 spiro atoms. The summed E-state index contributed by atoms with van der Waals surface area (Å²) in [6.07, 6.45) is 1.28. The summed E-state index contributed by atoms with van der Waals surface area (Å²) in [6, 6.07) is 23.0. The highest BCUT2D eigenvalue weighted by Gasteiger charge is 2.22. The number of amides is 1. The minimum atomic E-state index is -0.647. The second kappa shape index (κ2) is 12.8. The van der Waals surface area contributed by atoms with E-state index in [0.29, 0.717) is 38.3 Å². The maximum Gasteiger partial charge on any atom is 0.312 e. The molecule has 0 atom stereocenters. The van der Waals surface area contributed by atoms with E-state index in [2.05, 4.69) is 31.3 Å². The molecule has 0 fully saturated rings. The molecule has 0 radical (unpaired) electrons. The van der Waals surface area contributed by atoms with E-state index < -0.39 is 28.7 Å². The fraction of sp³-hybridized carbons (Fsp3) is 0.0625. The lowest BCUT2D eigenvalue weighted by atomic mass is 10.2. The zero-order valence-electron chi connectivity index (χ0n) is 23.8. The third kappa shape index (κ3) is 6.18. The standard InChI is InChI=1S/C32H21BrClN5O7/c1-44-26-7-4-8-27-22(26)15-28(46-27)31-37-24-6-3-2-5-21(24)32(41)38(31)35-16-18-13-23(33)30(25(14-18)39(42)43)45-17-29(40)36-20-11-9-19(34)10-12-20/h2-16H,17H2,1H3,(H,36,40). The van der Waals surface area contributed by atoms with Crippen LogP contribution in [0.3, 0.4) is 0 Å². The van der Waals surface area contributed by atoms with Gasteiger partial charge < -0.3 is 19.2 Å². The number of nitrogens with one attached hydrogen (secondary N) is 1. The number of carbonyl (C=O) groups excluding carboxylic acids is 1. The molecule has 2 aromatic heterocycles. The predicted molar refractivity (Wildman–Crippen MR) is 177 cm³/mol. The maximum atomic E-state index is 13.6. The van der Waals surface area contributed by atoms with Gasteiger partial charge in [0.05, 0.1) is 39.0 Å². The summed E-state index contributed by atoms with van der Waals surface area (Å²) in [4.78, 5) is 42.1. The molecule has 230 valence electrons. The first-order valence-corrected chi connectivity index (χ1v) is 14.7. The normalized spacial score (nSPS) is 11.3. The van der Waals surface area contributed by atoms with Crippen molar-refractivity contribution in [3.05, 3.63) is 120 Å². The highest BCUT2D eigenvalue weighted by molar-refractivity contribution is 9.10. The van der Waals surface area contributed by atoms with E-state index in [0.717, 1.165) is 4.68 Å². The summed E-state index contributed by atoms with van der Waals surface area (Å²) in [5.41, 5.74) is 0.783. The Labute approximate surface area is 273 Å². The summed E-state index contributed by atoms with van der Waals surface area (Å²) in [5.74, 6) is 0.251. The highest BCUT2D eigenvalue weighted by Crippen LogP contribution is 2.36. The average molecular weight is 703 g/mol. The first kappa shape index (κ1) is 30.5. The number of anilines is 1. The summed E-state index contributed by atoms with van der Waals surface area (Å²) in [7, 11) is 1.54. The summed E-state index contributed by atoms with van der Waals surface area (Å²) < 4.78 is 18.3. The minimum Gasteiger partial charge on any atom is -0.496 e. The summed E-state index contributed by atoms with van der Waals surface area (Å²) in [5, 5.41) is 20.5. The van der Waals surface area contributed by atoms with Gasteiger partial charge in [0.1, 0.15) is 11.3 Å². The van der Waals surface area contributed by atoms with Crippen LogP contribution in [0.5, 0.6) is 11.5 Å². The minimum absolute atomic E-state index is 0.110. The molecule has 6 rings (SSSR count). The molecule has 1 N–H and O–H groups in total. The molecule has 2 heterocycles. The Morgan fingerprint density at radius 3 is 2.65 bits per heavy atom. The Hall–Kier alpha value is -5.53. The lowest BCUT2D eigenvalue weighted by molar-refractivity contribution is -0.385. The van der Waals surface area contributed by atoms with Crippen LogP contribution in [-0.2, 0) is 4.79 Å². The molecular weight excluding hydrogens is 682 g/mol. The van der Waals surface area contributed by atoms with Crippen molar-refractivity contribution in [3.63, 3.8) is 0 Å². The molecule has 0 aliphatic carbocycles. The van der Waals surface area contributed by atoms with Crippen LogP contribution < -0.4 is 20.3 Å². The van der Waals surface area contributed by atoms with Crippen molar-refractivity contribution >= 4 is 72.9 Å². The lowest BCUT2D eigenvalue weighted by Crippen LogP contribution is -2.20. The van der Waals surface area contributed by atoms with Gasteiger partial charge in [-0.2, -0.15) is 9.78 Å². The zero-order chi connectivity index (χ0) is 32.4. The molecule has 0 saturated heterocycles. The Morgan fingerprint density at radius 1 is 1.11 bits per heavy atom. The number of methoxy groups -OCH3 is 1. The number of fused-ring (bicyclic) bond motifs is 2. The second-order valence-electron chi connectivity index (χ2n) is 9.75. The fourth-order valence-corrected chi connectivity index (χ4v) is 5.37. The number of carbonyl (C=O) groups is 1. The van der Waals surface area contributed by atoms with Gasteiger partial charge >= 0.3 is 5.69 Å². The number of halogens is 2. The van der Waals surface area contributed by atoms with Crippen molar-refractivity contribution in [1.82, 2.24) is 9.66 Å². The Balaban J connectivity index is 1.35. The lowest BCUT2D eigenvalue weighted by Gasteiger charge is -2.10. The van der Waals surface area contributed by atoms with Crippen LogP contribution >= 0.6 is 27.5 Å². The molecule has 0 bridgehead atoms. The number of nitro groups is 1. The number of hydrogen-bond donors (Lipinski definition) is 1. The molecule has 0 aliphatic rings. The molecule has 0 aliphatic heterocycles. The van der Waals surface area contributed by atoms with Crippen molar-refractivity contribution in [1.29, 1.82) is 0 Å². The van der Waals surface area contributed by atoms with Crippen molar-refractivity contribution in [2.45, 2.75) is 0 Å². The molecular formula is C32H21BrClN5O7. The van der Waals surface area contributed by atoms with Crippen LogP contribution in [0.25, 0.3) is 33.5 Å². The molecule has 46 heavy (non-hydrogen) atoms. The molecule has 6 aromatic rings. The molecule has 0 saturated carbocycles. The summed E-state index contributed by atoms with van der Waals surface area (Å²) in [6.45, 7) is -0.501. The van der Waals surface area contributed by atoms with Crippen LogP contribution in [0.1, 0.15) is 5.56 Å². The largest absolute Gasteiger partial charge is 0.496 e. The van der Waals surface area contributed by atoms with E-state index >= 15 is 0 Å². The van der Waals surface area contributed by atoms with Crippen LogP contribution in [-0.4, -0.2) is 40.4 Å². The fourth-order valence-electron chi connectivity index (χ4n) is 4.66. The second-order valence-corrected chi connectivity index (χ2v) is 11.0. The van der Waals surface area contributed by atoms with Crippen LogP contribution in [0.4, 0.5) is 11.4 Å². The number of benzene rings is 4. The smallest absolute Gasteiger partial charge is 0.312 e. The third-order valence-electron chi connectivity index (χ3n) is 6.76. The van der Waals surface area contributed by atoms with Crippen LogP contribution in [0.15, 0.2) is 104 Å². The molecule has 1 amide bonds. The van der Waals surface area contributed by atoms with Crippen molar-refractivity contribution in [2.24, 2.45) is 5.10 Å². The predicted octanol–water partition coefficient (Wildman–Crippen LogP) is 7.04. The SMILES string of the molecule is COc1cccc2oc(-c3nc4ccccc4c(=O)n3N=Cc3cc(Br)c(OCC(=O)Nc4ccc(Cl)cc4)c([N+](=O)[O-])c3)cc12. The number of aromatic nitrogens is 2. The zero-order valence-corrected chi connectivity index (χ0v) is 26.1. The number of hydrogen-bond acceptors (Lipinski definition) is 9. The van der Waals surface area contributed by atoms with Crippen molar-refractivity contribution in [2.75, 3.05) is 19.0 Å². The third-order valence-corrected chi connectivity index (χ3v) is 7.60. The van der Waals surface area contributed by atoms with E-state index in [-0.39, 0.29) is 27.4 Å². The number of rotatable bonds is 9. The van der Waals surface area contributed by atoms with Crippen LogP contribution in [0.2, 0.25) is 5.02 Å². The van der Waals surface area contributed by atoms with Gasteiger partial charge in [-0.25, -0.2) is 4.98 Å². The maximum absolute atomic E-state index is 13.6. The quantitative estimate of drug-likeness (QED) is 0.0957.